The van der Waals surface area contributed by atoms with E-state index in [1.54, 1.807) is 12.1 Å². The second-order valence-corrected chi connectivity index (χ2v) is 6.43. The molecule has 0 saturated carbocycles. The molecule has 1 heterocycles. The van der Waals surface area contributed by atoms with E-state index in [1.807, 2.05) is 0 Å². The summed E-state index contributed by atoms with van der Waals surface area (Å²) in [5.41, 5.74) is 1.22. The first kappa shape index (κ1) is 14.1. The SMILES string of the molecule is OC(Cc1ccc(F)cc1Cl)c1cc(Cl)sc1Cl. The van der Waals surface area contributed by atoms with Gasteiger partial charge in [0, 0.05) is 17.0 Å². The Hall–Kier alpha value is -0.320. The first-order valence-corrected chi connectivity index (χ1v) is 6.99. The standard InChI is InChI=1S/C12H8Cl3FOS/c13-9-4-7(16)2-1-6(9)3-10(17)8-5-11(14)18-12(8)15/h1-2,4-5,10,17H,3H2. The van der Waals surface area contributed by atoms with E-state index in [1.165, 1.54) is 23.5 Å². The number of halogens is 4. The van der Waals surface area contributed by atoms with Crippen LogP contribution < -0.4 is 0 Å². The normalized spacial score (nSPS) is 12.7. The largest absolute Gasteiger partial charge is 0.388 e. The van der Waals surface area contributed by atoms with E-state index in [2.05, 4.69) is 0 Å². The smallest absolute Gasteiger partial charge is 0.124 e. The first-order chi connectivity index (χ1) is 8.47. The lowest BCUT2D eigenvalue weighted by Gasteiger charge is -2.11. The van der Waals surface area contributed by atoms with Gasteiger partial charge in [-0.3, -0.25) is 0 Å². The highest BCUT2D eigenvalue weighted by atomic mass is 35.5. The van der Waals surface area contributed by atoms with E-state index in [-0.39, 0.29) is 11.4 Å². The minimum Gasteiger partial charge on any atom is -0.388 e. The van der Waals surface area contributed by atoms with Gasteiger partial charge in [-0.2, -0.15) is 0 Å². The molecule has 0 aliphatic carbocycles. The van der Waals surface area contributed by atoms with Crippen LogP contribution in [0.2, 0.25) is 13.7 Å². The molecule has 1 N–H and O–H groups in total. The number of benzene rings is 1. The van der Waals surface area contributed by atoms with Gasteiger partial charge in [0.05, 0.1) is 10.4 Å². The Balaban J connectivity index is 2.21. The molecule has 0 amide bonds. The Labute approximate surface area is 123 Å². The van der Waals surface area contributed by atoms with Crippen LogP contribution in [-0.4, -0.2) is 5.11 Å². The maximum absolute atomic E-state index is 12.9. The quantitative estimate of drug-likeness (QED) is 0.830. The second kappa shape index (κ2) is 5.76. The Kier molecular flexibility index (Phi) is 4.51. The Morgan fingerprint density at radius 2 is 1.94 bits per heavy atom. The third kappa shape index (κ3) is 3.16. The van der Waals surface area contributed by atoms with Gasteiger partial charge in [-0.1, -0.05) is 40.9 Å². The zero-order valence-corrected chi connectivity index (χ0v) is 12.0. The Morgan fingerprint density at radius 3 is 2.50 bits per heavy atom. The van der Waals surface area contributed by atoms with Crippen molar-refractivity contribution in [3.8, 4) is 0 Å². The fourth-order valence-corrected chi connectivity index (χ4v) is 3.40. The Morgan fingerprint density at radius 1 is 1.22 bits per heavy atom. The van der Waals surface area contributed by atoms with Gasteiger partial charge in [-0.25, -0.2) is 4.39 Å². The van der Waals surface area contributed by atoms with Crippen LogP contribution in [0.1, 0.15) is 17.2 Å². The van der Waals surface area contributed by atoms with Gasteiger partial charge in [-0.15, -0.1) is 11.3 Å². The molecule has 0 radical (unpaired) electrons. The summed E-state index contributed by atoms with van der Waals surface area (Å²) >= 11 is 18.9. The zero-order chi connectivity index (χ0) is 13.3. The lowest BCUT2D eigenvalue weighted by molar-refractivity contribution is 0.179. The molecule has 96 valence electrons. The molecule has 1 aromatic carbocycles. The van der Waals surface area contributed by atoms with Crippen LogP contribution in [-0.2, 0) is 6.42 Å². The molecule has 1 aromatic heterocycles. The Bertz CT molecular complexity index is 570. The second-order valence-electron chi connectivity index (χ2n) is 3.74. The van der Waals surface area contributed by atoms with E-state index in [4.69, 9.17) is 34.8 Å². The van der Waals surface area contributed by atoms with Crippen molar-refractivity contribution in [1.82, 2.24) is 0 Å². The van der Waals surface area contributed by atoms with E-state index in [9.17, 15) is 9.50 Å². The molecule has 1 nitrogen and oxygen atoms in total. The molecule has 0 aliphatic rings. The molecular formula is C12H8Cl3FOS. The summed E-state index contributed by atoms with van der Waals surface area (Å²) in [6.45, 7) is 0. The molecule has 0 bridgehead atoms. The van der Waals surface area contributed by atoms with Gasteiger partial charge >= 0.3 is 0 Å². The van der Waals surface area contributed by atoms with E-state index in [0.717, 1.165) is 0 Å². The average Bonchev–Trinajstić information content (AvgIpc) is 2.62. The van der Waals surface area contributed by atoms with Crippen molar-refractivity contribution in [3.63, 3.8) is 0 Å². The van der Waals surface area contributed by atoms with Gasteiger partial charge < -0.3 is 5.11 Å². The molecule has 0 spiro atoms. The number of aliphatic hydroxyl groups is 1. The fraction of sp³-hybridized carbons (Fsp3) is 0.167. The van der Waals surface area contributed by atoms with E-state index < -0.39 is 11.9 Å². The number of aliphatic hydroxyl groups excluding tert-OH is 1. The minimum atomic E-state index is -0.816. The van der Waals surface area contributed by atoms with Crippen molar-refractivity contribution >= 4 is 46.1 Å². The molecule has 2 rings (SSSR count). The summed E-state index contributed by atoms with van der Waals surface area (Å²) in [4.78, 5) is 0. The molecule has 0 saturated heterocycles. The van der Waals surface area contributed by atoms with E-state index in [0.29, 0.717) is 19.8 Å². The monoisotopic (exact) mass is 324 g/mol. The first-order valence-electron chi connectivity index (χ1n) is 5.04. The molecular weight excluding hydrogens is 318 g/mol. The van der Waals surface area contributed by atoms with Crippen molar-refractivity contribution < 1.29 is 9.50 Å². The minimum absolute atomic E-state index is 0.256. The van der Waals surface area contributed by atoms with Gasteiger partial charge in [0.15, 0.2) is 0 Å². The summed E-state index contributed by atoms with van der Waals surface area (Å²) in [5, 5.41) is 10.4. The molecule has 0 fully saturated rings. The lowest BCUT2D eigenvalue weighted by atomic mass is 10.0. The highest BCUT2D eigenvalue weighted by Crippen LogP contribution is 2.36. The number of hydrogen-bond acceptors (Lipinski definition) is 2. The predicted molar refractivity (Wildman–Crippen MR) is 74.4 cm³/mol. The average molecular weight is 326 g/mol. The number of thiophene rings is 1. The van der Waals surface area contributed by atoms with Crippen LogP contribution in [0, 0.1) is 5.82 Å². The molecule has 1 unspecified atom stereocenters. The molecule has 18 heavy (non-hydrogen) atoms. The van der Waals surface area contributed by atoms with Gasteiger partial charge in [0.2, 0.25) is 0 Å². The lowest BCUT2D eigenvalue weighted by Crippen LogP contribution is -2.01. The molecule has 6 heteroatoms. The van der Waals surface area contributed by atoms with Crippen molar-refractivity contribution in [2.24, 2.45) is 0 Å². The number of hydrogen-bond donors (Lipinski definition) is 1. The van der Waals surface area contributed by atoms with Gasteiger partial charge in [-0.05, 0) is 23.8 Å². The zero-order valence-electron chi connectivity index (χ0n) is 8.96. The molecule has 2 aromatic rings. The van der Waals surface area contributed by atoms with Crippen molar-refractivity contribution in [2.45, 2.75) is 12.5 Å². The van der Waals surface area contributed by atoms with Crippen molar-refractivity contribution in [1.29, 1.82) is 0 Å². The maximum atomic E-state index is 12.9. The van der Waals surface area contributed by atoms with Crippen LogP contribution in [0.5, 0.6) is 0 Å². The van der Waals surface area contributed by atoms with Crippen LogP contribution >= 0.6 is 46.1 Å². The number of rotatable bonds is 3. The van der Waals surface area contributed by atoms with Gasteiger partial charge in [0.25, 0.3) is 0 Å². The van der Waals surface area contributed by atoms with Crippen LogP contribution in [0.3, 0.4) is 0 Å². The summed E-state index contributed by atoms with van der Waals surface area (Å²) in [5.74, 6) is -0.408. The van der Waals surface area contributed by atoms with Crippen LogP contribution in [0.4, 0.5) is 4.39 Å². The van der Waals surface area contributed by atoms with Crippen LogP contribution in [0.25, 0.3) is 0 Å². The third-order valence-corrected chi connectivity index (χ3v) is 4.34. The summed E-state index contributed by atoms with van der Waals surface area (Å²) < 4.78 is 13.9. The third-order valence-electron chi connectivity index (χ3n) is 2.47. The predicted octanol–water partition coefficient (Wildman–Crippen LogP) is 5.12. The highest BCUT2D eigenvalue weighted by Gasteiger charge is 2.17. The van der Waals surface area contributed by atoms with Crippen molar-refractivity contribution in [3.05, 3.63) is 54.9 Å². The summed E-state index contributed by atoms with van der Waals surface area (Å²) in [6.07, 6.45) is -0.560. The highest BCUT2D eigenvalue weighted by molar-refractivity contribution is 7.20. The maximum Gasteiger partial charge on any atom is 0.124 e. The topological polar surface area (TPSA) is 20.2 Å². The molecule has 1 atom stereocenters. The molecule has 0 aliphatic heterocycles. The fourth-order valence-electron chi connectivity index (χ4n) is 1.59. The van der Waals surface area contributed by atoms with Crippen LogP contribution in [0.15, 0.2) is 24.3 Å². The van der Waals surface area contributed by atoms with Crippen molar-refractivity contribution in [2.75, 3.05) is 0 Å². The van der Waals surface area contributed by atoms with Gasteiger partial charge in [0.1, 0.15) is 10.2 Å². The summed E-state index contributed by atoms with van der Waals surface area (Å²) in [6, 6.07) is 5.68. The van der Waals surface area contributed by atoms with E-state index >= 15 is 0 Å². The summed E-state index contributed by atoms with van der Waals surface area (Å²) in [7, 11) is 0.